The second-order valence-corrected chi connectivity index (χ2v) is 5.17. The van der Waals surface area contributed by atoms with Crippen molar-refractivity contribution in [2.75, 3.05) is 12.0 Å². The summed E-state index contributed by atoms with van der Waals surface area (Å²) in [5.41, 5.74) is 10.2. The maximum atomic E-state index is 6.02. The van der Waals surface area contributed by atoms with Crippen molar-refractivity contribution in [2.45, 2.75) is 5.75 Å². The molecule has 3 heteroatoms. The molecular weight excluding hydrogens is 250 g/mol. The van der Waals surface area contributed by atoms with Gasteiger partial charge in [0.2, 0.25) is 0 Å². The number of halogens is 1. The Labute approximate surface area is 111 Å². The molecule has 0 aliphatic rings. The van der Waals surface area contributed by atoms with Crippen LogP contribution in [0.25, 0.3) is 11.1 Å². The second-order valence-electron chi connectivity index (χ2n) is 3.86. The van der Waals surface area contributed by atoms with Gasteiger partial charge in [0.05, 0.1) is 0 Å². The van der Waals surface area contributed by atoms with Crippen LogP contribution >= 0.6 is 23.4 Å². The third-order valence-electron chi connectivity index (χ3n) is 2.56. The van der Waals surface area contributed by atoms with Gasteiger partial charge in [-0.15, -0.1) is 0 Å². The smallest absolute Gasteiger partial charge is 0.0412 e. The Morgan fingerprint density at radius 2 is 2.00 bits per heavy atom. The number of rotatable bonds is 3. The molecule has 0 amide bonds. The normalized spacial score (nSPS) is 10.5. The molecule has 0 aliphatic heterocycles. The average molecular weight is 264 g/mol. The molecule has 1 nitrogen and oxygen atoms in total. The number of nitrogens with two attached hydrogens (primary N) is 1. The maximum Gasteiger partial charge on any atom is 0.0412 e. The maximum absolute atomic E-state index is 6.02. The van der Waals surface area contributed by atoms with Crippen LogP contribution in [0.3, 0.4) is 0 Å². The van der Waals surface area contributed by atoms with Crippen LogP contribution in [0.5, 0.6) is 0 Å². The van der Waals surface area contributed by atoms with Crippen molar-refractivity contribution >= 4 is 29.1 Å². The van der Waals surface area contributed by atoms with E-state index in [4.69, 9.17) is 17.3 Å². The first-order chi connectivity index (χ1) is 8.20. The number of hydrogen-bond donors (Lipinski definition) is 1. The molecule has 2 rings (SSSR count). The molecule has 0 heterocycles. The van der Waals surface area contributed by atoms with E-state index in [1.165, 1.54) is 5.56 Å². The minimum atomic E-state index is 0.733. The summed E-state index contributed by atoms with van der Waals surface area (Å²) >= 11 is 7.80. The molecule has 2 N–H and O–H groups in total. The molecule has 0 atom stereocenters. The first-order valence-corrected chi connectivity index (χ1v) is 7.11. The lowest BCUT2D eigenvalue weighted by molar-refractivity contribution is 1.42. The molecule has 0 aromatic heterocycles. The lowest BCUT2D eigenvalue weighted by Crippen LogP contribution is -1.92. The van der Waals surface area contributed by atoms with E-state index in [-0.39, 0.29) is 0 Å². The molecular formula is C14H14ClNS. The number of anilines is 1. The Balaban J connectivity index is 2.46. The van der Waals surface area contributed by atoms with Gasteiger partial charge in [-0.2, -0.15) is 11.8 Å². The highest BCUT2D eigenvalue weighted by atomic mass is 35.5. The van der Waals surface area contributed by atoms with E-state index in [0.29, 0.717) is 0 Å². The molecule has 0 spiro atoms. The van der Waals surface area contributed by atoms with Crippen LogP contribution in [-0.4, -0.2) is 6.26 Å². The Kier molecular flexibility index (Phi) is 3.97. The van der Waals surface area contributed by atoms with E-state index in [9.17, 15) is 0 Å². The third kappa shape index (κ3) is 2.96. The van der Waals surface area contributed by atoms with Crippen molar-refractivity contribution in [2.24, 2.45) is 0 Å². The summed E-state index contributed by atoms with van der Waals surface area (Å²) in [6.45, 7) is 0. The molecule has 2 aromatic rings. The van der Waals surface area contributed by atoms with Crippen molar-refractivity contribution < 1.29 is 0 Å². The van der Waals surface area contributed by atoms with Gasteiger partial charge >= 0.3 is 0 Å². The number of benzene rings is 2. The molecule has 0 radical (unpaired) electrons. The van der Waals surface area contributed by atoms with Gasteiger partial charge in [0.1, 0.15) is 0 Å². The van der Waals surface area contributed by atoms with E-state index >= 15 is 0 Å². The predicted molar refractivity (Wildman–Crippen MR) is 78.5 cm³/mol. The Morgan fingerprint density at radius 1 is 1.18 bits per heavy atom. The molecule has 0 unspecified atom stereocenters. The molecule has 0 saturated heterocycles. The fourth-order valence-corrected chi connectivity index (χ4v) is 2.47. The van der Waals surface area contributed by atoms with Crippen molar-refractivity contribution in [1.82, 2.24) is 0 Å². The van der Waals surface area contributed by atoms with E-state index in [1.807, 2.05) is 30.3 Å². The van der Waals surface area contributed by atoms with Gasteiger partial charge in [-0.05, 0) is 41.6 Å². The van der Waals surface area contributed by atoms with Crippen molar-refractivity contribution in [3.05, 3.63) is 53.1 Å². The molecule has 2 aromatic carbocycles. The Bertz CT molecular complexity index is 525. The van der Waals surface area contributed by atoms with E-state index in [0.717, 1.165) is 27.6 Å². The van der Waals surface area contributed by atoms with Crippen LogP contribution in [0, 0.1) is 0 Å². The molecule has 17 heavy (non-hydrogen) atoms. The summed E-state index contributed by atoms with van der Waals surface area (Å²) in [6, 6.07) is 13.9. The van der Waals surface area contributed by atoms with Crippen molar-refractivity contribution in [3.63, 3.8) is 0 Å². The van der Waals surface area contributed by atoms with Gasteiger partial charge in [-0.1, -0.05) is 29.8 Å². The monoisotopic (exact) mass is 263 g/mol. The largest absolute Gasteiger partial charge is 0.398 e. The fraction of sp³-hybridized carbons (Fsp3) is 0.143. The summed E-state index contributed by atoms with van der Waals surface area (Å²) in [6.07, 6.45) is 2.09. The van der Waals surface area contributed by atoms with Crippen LogP contribution in [0.2, 0.25) is 5.02 Å². The third-order valence-corrected chi connectivity index (χ3v) is 3.42. The van der Waals surface area contributed by atoms with Gasteiger partial charge in [0.25, 0.3) is 0 Å². The van der Waals surface area contributed by atoms with Crippen molar-refractivity contribution in [1.29, 1.82) is 0 Å². The lowest BCUT2D eigenvalue weighted by atomic mass is 10.0. The van der Waals surface area contributed by atoms with Gasteiger partial charge in [0.15, 0.2) is 0 Å². The Morgan fingerprint density at radius 3 is 2.71 bits per heavy atom. The summed E-state index contributed by atoms with van der Waals surface area (Å²) in [7, 11) is 0. The standard InChI is InChI=1S/C14H14ClNS/c1-17-9-10-5-6-14(16)13(7-10)11-3-2-4-12(15)8-11/h2-8H,9,16H2,1H3. The molecule has 0 saturated carbocycles. The van der Waals surface area contributed by atoms with Crippen LogP contribution < -0.4 is 5.73 Å². The molecule has 0 bridgehead atoms. The van der Waals surface area contributed by atoms with Crippen molar-refractivity contribution in [3.8, 4) is 11.1 Å². The first kappa shape index (κ1) is 12.3. The summed E-state index contributed by atoms with van der Waals surface area (Å²) in [5.74, 6) is 0.994. The molecule has 0 fully saturated rings. The second kappa shape index (κ2) is 5.48. The van der Waals surface area contributed by atoms with Crippen LogP contribution in [0.4, 0.5) is 5.69 Å². The molecule has 0 aliphatic carbocycles. The van der Waals surface area contributed by atoms with E-state index in [1.54, 1.807) is 11.8 Å². The van der Waals surface area contributed by atoms with Gasteiger partial charge in [0, 0.05) is 22.0 Å². The Hall–Kier alpha value is -1.12. The summed E-state index contributed by atoms with van der Waals surface area (Å²) in [5, 5.41) is 0.733. The van der Waals surface area contributed by atoms with Gasteiger partial charge < -0.3 is 5.73 Å². The quantitative estimate of drug-likeness (QED) is 0.828. The highest BCUT2D eigenvalue weighted by Crippen LogP contribution is 2.29. The number of hydrogen-bond acceptors (Lipinski definition) is 2. The van der Waals surface area contributed by atoms with E-state index in [2.05, 4.69) is 18.4 Å². The summed E-state index contributed by atoms with van der Waals surface area (Å²) in [4.78, 5) is 0. The average Bonchev–Trinajstić information content (AvgIpc) is 2.32. The summed E-state index contributed by atoms with van der Waals surface area (Å²) < 4.78 is 0. The zero-order chi connectivity index (χ0) is 12.3. The highest BCUT2D eigenvalue weighted by Gasteiger charge is 2.04. The van der Waals surface area contributed by atoms with Gasteiger partial charge in [-0.3, -0.25) is 0 Å². The highest BCUT2D eigenvalue weighted by molar-refractivity contribution is 7.97. The number of thioether (sulfide) groups is 1. The fourth-order valence-electron chi connectivity index (χ4n) is 1.77. The minimum absolute atomic E-state index is 0.733. The van der Waals surface area contributed by atoms with Gasteiger partial charge in [-0.25, -0.2) is 0 Å². The van der Waals surface area contributed by atoms with Crippen LogP contribution in [-0.2, 0) is 5.75 Å². The van der Waals surface area contributed by atoms with Crippen LogP contribution in [0.15, 0.2) is 42.5 Å². The lowest BCUT2D eigenvalue weighted by Gasteiger charge is -2.08. The zero-order valence-electron chi connectivity index (χ0n) is 9.61. The van der Waals surface area contributed by atoms with Crippen LogP contribution in [0.1, 0.15) is 5.56 Å². The first-order valence-electron chi connectivity index (χ1n) is 5.34. The predicted octanol–water partition coefficient (Wildman–Crippen LogP) is 4.45. The minimum Gasteiger partial charge on any atom is -0.398 e. The SMILES string of the molecule is CSCc1ccc(N)c(-c2cccc(Cl)c2)c1. The van der Waals surface area contributed by atoms with E-state index < -0.39 is 0 Å². The molecule has 88 valence electrons. The zero-order valence-corrected chi connectivity index (χ0v) is 11.2. The topological polar surface area (TPSA) is 26.0 Å². The number of nitrogen functional groups attached to an aromatic ring is 1.